The molecule has 30 heavy (non-hydrogen) atoms. The first-order chi connectivity index (χ1) is 14.5. The van der Waals surface area contributed by atoms with E-state index < -0.39 is 0 Å². The Hall–Kier alpha value is -2.90. The second-order valence-corrected chi connectivity index (χ2v) is 8.37. The second kappa shape index (κ2) is 7.41. The summed E-state index contributed by atoms with van der Waals surface area (Å²) < 4.78 is 4.18. The average Bonchev–Trinajstić information content (AvgIpc) is 3.25. The summed E-state index contributed by atoms with van der Waals surface area (Å²) in [6.07, 6.45) is 2.14. The van der Waals surface area contributed by atoms with Crippen molar-refractivity contribution in [3.8, 4) is 5.69 Å². The van der Waals surface area contributed by atoms with Gasteiger partial charge in [-0.3, -0.25) is 14.2 Å². The van der Waals surface area contributed by atoms with Crippen LogP contribution in [0.1, 0.15) is 21.6 Å². The number of nitrogens with zero attached hydrogens (tertiary/aromatic N) is 4. The van der Waals surface area contributed by atoms with E-state index in [1.807, 2.05) is 36.4 Å². The van der Waals surface area contributed by atoms with E-state index in [4.69, 9.17) is 11.6 Å². The SMILES string of the molecule is O=C(c1ccc(Br)c(Cl)c1)N1CCc2c(n3nccc3n(-c3ccccc3)c2=O)C1. The summed E-state index contributed by atoms with van der Waals surface area (Å²) in [6, 6.07) is 16.5. The molecule has 0 fully saturated rings. The van der Waals surface area contributed by atoms with Crippen molar-refractivity contribution in [2.45, 2.75) is 13.0 Å². The van der Waals surface area contributed by atoms with Crippen molar-refractivity contribution >= 4 is 39.1 Å². The van der Waals surface area contributed by atoms with Crippen LogP contribution in [-0.2, 0) is 13.0 Å². The molecule has 0 bridgehead atoms. The minimum atomic E-state index is -0.123. The van der Waals surface area contributed by atoms with Gasteiger partial charge in [-0.15, -0.1) is 0 Å². The summed E-state index contributed by atoms with van der Waals surface area (Å²) in [7, 11) is 0. The van der Waals surface area contributed by atoms with Gasteiger partial charge < -0.3 is 4.90 Å². The van der Waals surface area contributed by atoms with Crippen molar-refractivity contribution in [1.29, 1.82) is 0 Å². The van der Waals surface area contributed by atoms with Crippen LogP contribution in [0, 0.1) is 0 Å². The van der Waals surface area contributed by atoms with E-state index in [9.17, 15) is 9.59 Å². The molecule has 2 aromatic carbocycles. The third-order valence-corrected chi connectivity index (χ3v) is 6.59. The first kappa shape index (κ1) is 19.1. The molecule has 150 valence electrons. The summed E-state index contributed by atoms with van der Waals surface area (Å²) in [5, 5.41) is 4.93. The summed E-state index contributed by atoms with van der Waals surface area (Å²) >= 11 is 9.51. The predicted octanol–water partition coefficient (Wildman–Crippen LogP) is 4.10. The first-order valence-corrected chi connectivity index (χ1v) is 10.6. The molecular weight excluding hydrogens is 468 g/mol. The van der Waals surface area contributed by atoms with Gasteiger partial charge in [-0.1, -0.05) is 29.8 Å². The maximum absolute atomic E-state index is 13.4. The summed E-state index contributed by atoms with van der Waals surface area (Å²) in [4.78, 5) is 28.1. The molecule has 0 spiro atoms. The van der Waals surface area contributed by atoms with Crippen molar-refractivity contribution < 1.29 is 4.79 Å². The maximum atomic E-state index is 13.4. The van der Waals surface area contributed by atoms with E-state index in [-0.39, 0.29) is 11.5 Å². The highest BCUT2D eigenvalue weighted by Gasteiger charge is 2.28. The second-order valence-electron chi connectivity index (χ2n) is 7.11. The van der Waals surface area contributed by atoms with Crippen LogP contribution in [0.3, 0.4) is 0 Å². The lowest BCUT2D eigenvalue weighted by Gasteiger charge is -2.29. The Bertz CT molecular complexity index is 1350. The fourth-order valence-corrected chi connectivity index (χ4v) is 4.32. The Balaban J connectivity index is 1.59. The average molecular weight is 484 g/mol. The number of hydrogen-bond acceptors (Lipinski definition) is 3. The molecule has 0 unspecified atom stereocenters. The number of carbonyl (C=O) groups excluding carboxylic acids is 1. The predicted molar refractivity (Wildman–Crippen MR) is 118 cm³/mol. The molecule has 3 heterocycles. The third-order valence-electron chi connectivity index (χ3n) is 5.36. The zero-order chi connectivity index (χ0) is 20.8. The van der Waals surface area contributed by atoms with Crippen LogP contribution in [0.2, 0.25) is 5.02 Å². The standard InChI is InChI=1S/C22H16BrClN4O2/c23-17-7-6-14(12-18(17)24)21(29)26-11-9-16-19(13-26)28-20(8-10-25-28)27(22(16)30)15-4-2-1-3-5-15/h1-8,10,12H,9,11,13H2. The number of rotatable bonds is 2. The quantitative estimate of drug-likeness (QED) is 0.431. The fraction of sp³-hybridized carbons (Fsp3) is 0.136. The minimum absolute atomic E-state index is 0.0667. The highest BCUT2D eigenvalue weighted by molar-refractivity contribution is 9.10. The van der Waals surface area contributed by atoms with Crippen LogP contribution in [-0.4, -0.2) is 31.5 Å². The van der Waals surface area contributed by atoms with Gasteiger partial charge in [-0.2, -0.15) is 5.10 Å². The Kier molecular flexibility index (Phi) is 4.72. The van der Waals surface area contributed by atoms with Gasteiger partial charge in [-0.05, 0) is 52.7 Å². The number of hydrogen-bond donors (Lipinski definition) is 0. The van der Waals surface area contributed by atoms with Gasteiger partial charge in [0, 0.05) is 28.2 Å². The van der Waals surface area contributed by atoms with Gasteiger partial charge in [0.25, 0.3) is 11.5 Å². The van der Waals surface area contributed by atoms with Gasteiger partial charge in [0.05, 0.1) is 29.1 Å². The Labute approximate surface area is 185 Å². The Morgan fingerprint density at radius 1 is 1.10 bits per heavy atom. The molecule has 4 aromatic rings. The number of halogens is 2. The van der Waals surface area contributed by atoms with Crippen molar-refractivity contribution in [2.24, 2.45) is 0 Å². The van der Waals surface area contributed by atoms with Crippen LogP contribution in [0.5, 0.6) is 0 Å². The molecule has 0 radical (unpaired) electrons. The fourth-order valence-electron chi connectivity index (χ4n) is 3.90. The van der Waals surface area contributed by atoms with Gasteiger partial charge in [0.2, 0.25) is 0 Å². The maximum Gasteiger partial charge on any atom is 0.261 e. The monoisotopic (exact) mass is 482 g/mol. The molecule has 1 aliphatic heterocycles. The number of fused-ring (bicyclic) bond motifs is 3. The van der Waals surface area contributed by atoms with Crippen molar-refractivity contribution in [1.82, 2.24) is 19.1 Å². The van der Waals surface area contributed by atoms with Gasteiger partial charge in [-0.25, -0.2) is 4.52 Å². The van der Waals surface area contributed by atoms with Gasteiger partial charge >= 0.3 is 0 Å². The molecule has 0 atom stereocenters. The summed E-state index contributed by atoms with van der Waals surface area (Å²) in [5.41, 5.74) is 3.34. The van der Waals surface area contributed by atoms with E-state index in [2.05, 4.69) is 21.0 Å². The van der Waals surface area contributed by atoms with E-state index in [1.165, 1.54) is 0 Å². The van der Waals surface area contributed by atoms with Crippen LogP contribution < -0.4 is 5.56 Å². The molecule has 5 rings (SSSR count). The molecule has 1 amide bonds. The molecule has 0 aliphatic carbocycles. The van der Waals surface area contributed by atoms with Crippen molar-refractivity contribution in [3.05, 3.63) is 97.5 Å². The molecule has 0 saturated heterocycles. The number of aromatic nitrogens is 3. The lowest BCUT2D eigenvalue weighted by atomic mass is 10.0. The van der Waals surface area contributed by atoms with Crippen LogP contribution >= 0.6 is 27.5 Å². The number of benzene rings is 2. The molecule has 0 N–H and O–H groups in total. The molecule has 6 nitrogen and oxygen atoms in total. The lowest BCUT2D eigenvalue weighted by molar-refractivity contribution is 0.0729. The summed E-state index contributed by atoms with van der Waals surface area (Å²) in [5.74, 6) is -0.123. The van der Waals surface area contributed by atoms with E-state index in [0.717, 1.165) is 15.9 Å². The smallest absolute Gasteiger partial charge is 0.261 e. The van der Waals surface area contributed by atoms with Gasteiger partial charge in [0.15, 0.2) is 0 Å². The van der Waals surface area contributed by atoms with Crippen LogP contribution in [0.15, 0.2) is 70.1 Å². The van der Waals surface area contributed by atoms with E-state index in [1.54, 1.807) is 38.4 Å². The lowest BCUT2D eigenvalue weighted by Crippen LogP contribution is -2.41. The zero-order valence-corrected chi connectivity index (χ0v) is 18.1. The zero-order valence-electron chi connectivity index (χ0n) is 15.8. The Morgan fingerprint density at radius 3 is 2.67 bits per heavy atom. The number of amides is 1. The van der Waals surface area contributed by atoms with Crippen molar-refractivity contribution in [3.63, 3.8) is 0 Å². The molecule has 1 aliphatic rings. The van der Waals surface area contributed by atoms with E-state index >= 15 is 0 Å². The highest BCUT2D eigenvalue weighted by atomic mass is 79.9. The number of carbonyl (C=O) groups is 1. The Morgan fingerprint density at radius 2 is 1.90 bits per heavy atom. The molecular formula is C22H16BrClN4O2. The highest BCUT2D eigenvalue weighted by Crippen LogP contribution is 2.26. The normalized spacial score (nSPS) is 13.5. The number of para-hydroxylation sites is 1. The topological polar surface area (TPSA) is 59.6 Å². The van der Waals surface area contributed by atoms with Crippen molar-refractivity contribution in [2.75, 3.05) is 6.54 Å². The van der Waals surface area contributed by atoms with E-state index in [0.29, 0.717) is 41.3 Å². The molecule has 0 saturated carbocycles. The minimum Gasteiger partial charge on any atom is -0.332 e. The van der Waals surface area contributed by atoms with Crippen LogP contribution in [0.25, 0.3) is 11.3 Å². The molecule has 8 heteroatoms. The van der Waals surface area contributed by atoms with Crippen LogP contribution in [0.4, 0.5) is 0 Å². The first-order valence-electron chi connectivity index (χ1n) is 9.45. The largest absolute Gasteiger partial charge is 0.332 e. The third kappa shape index (κ3) is 3.05. The van der Waals surface area contributed by atoms with Gasteiger partial charge in [0.1, 0.15) is 5.65 Å². The summed E-state index contributed by atoms with van der Waals surface area (Å²) in [6.45, 7) is 0.765. The molecule has 2 aromatic heterocycles.